The van der Waals surface area contributed by atoms with Crippen molar-refractivity contribution < 1.29 is 9.53 Å². The summed E-state index contributed by atoms with van der Waals surface area (Å²) in [5.41, 5.74) is 2.07. The van der Waals surface area contributed by atoms with Gasteiger partial charge in [0.15, 0.2) is 5.16 Å². The van der Waals surface area contributed by atoms with Gasteiger partial charge in [0.2, 0.25) is 5.88 Å². The fraction of sp³-hybridized carbons (Fsp3) is 0.190. The minimum absolute atomic E-state index is 0.139. The summed E-state index contributed by atoms with van der Waals surface area (Å²) in [6.45, 7) is 1.25. The van der Waals surface area contributed by atoms with Crippen molar-refractivity contribution >= 4 is 52.2 Å². The van der Waals surface area contributed by atoms with E-state index >= 15 is 0 Å². The highest BCUT2D eigenvalue weighted by atomic mass is 35.5. The van der Waals surface area contributed by atoms with Crippen molar-refractivity contribution in [2.24, 2.45) is 0 Å². The zero-order valence-corrected chi connectivity index (χ0v) is 18.6. The fourth-order valence-electron chi connectivity index (χ4n) is 3.20. The molecule has 154 valence electrons. The summed E-state index contributed by atoms with van der Waals surface area (Å²) in [4.78, 5) is 26.1. The number of carbonyl (C=O) groups is 1. The first-order chi connectivity index (χ1) is 14.5. The summed E-state index contributed by atoms with van der Waals surface area (Å²) in [6.07, 6.45) is 3.35. The largest absolute Gasteiger partial charge is 0.436 e. The first-order valence-corrected chi connectivity index (χ1v) is 11.1. The topological polar surface area (TPSA) is 58.6 Å². The number of carbonyl (C=O) groups excluding carboxylic acids is 1. The van der Waals surface area contributed by atoms with Crippen molar-refractivity contribution in [1.82, 2.24) is 9.97 Å². The molecule has 1 aliphatic rings. The lowest BCUT2D eigenvalue weighted by Gasteiger charge is -2.35. The van der Waals surface area contributed by atoms with Crippen LogP contribution in [0.25, 0.3) is 0 Å². The van der Waals surface area contributed by atoms with E-state index in [9.17, 15) is 4.79 Å². The number of rotatable bonds is 4. The summed E-state index contributed by atoms with van der Waals surface area (Å²) in [6, 6.07) is 12.7. The Kier molecular flexibility index (Phi) is 6.04. The molecule has 0 fully saturated rings. The Balaban J connectivity index is 1.75. The van der Waals surface area contributed by atoms with E-state index in [1.54, 1.807) is 23.1 Å². The predicted molar refractivity (Wildman–Crippen MR) is 122 cm³/mol. The third-order valence-electron chi connectivity index (χ3n) is 4.73. The molecule has 0 radical (unpaired) electrons. The van der Waals surface area contributed by atoms with E-state index in [-0.39, 0.29) is 17.4 Å². The predicted octanol–water partition coefficient (Wildman–Crippen LogP) is 5.39. The van der Waals surface area contributed by atoms with Crippen LogP contribution in [0.2, 0.25) is 10.0 Å². The molecule has 3 aromatic rings. The summed E-state index contributed by atoms with van der Waals surface area (Å²) >= 11 is 13.7. The number of ether oxygens (including phenoxy) is 1. The summed E-state index contributed by atoms with van der Waals surface area (Å²) < 4.78 is 5.95. The molecular formula is C21H18Cl2N4O2S. The van der Waals surface area contributed by atoms with Crippen LogP contribution in [0.3, 0.4) is 0 Å². The zero-order chi connectivity index (χ0) is 21.3. The van der Waals surface area contributed by atoms with Crippen molar-refractivity contribution in [3.8, 4) is 11.6 Å². The van der Waals surface area contributed by atoms with Crippen LogP contribution >= 0.6 is 35.0 Å². The Hall–Kier alpha value is -2.48. The highest BCUT2D eigenvalue weighted by Crippen LogP contribution is 2.36. The van der Waals surface area contributed by atoms with Crippen LogP contribution in [0.15, 0.2) is 53.8 Å². The van der Waals surface area contributed by atoms with Gasteiger partial charge in [0.25, 0.3) is 5.91 Å². The van der Waals surface area contributed by atoms with Crippen molar-refractivity contribution in [2.45, 2.75) is 5.16 Å². The Bertz CT molecular complexity index is 1110. The lowest BCUT2D eigenvalue weighted by molar-refractivity contribution is 0.0983. The van der Waals surface area contributed by atoms with Crippen LogP contribution in [-0.4, -0.2) is 42.3 Å². The lowest BCUT2D eigenvalue weighted by Crippen LogP contribution is -2.42. The van der Waals surface area contributed by atoms with Gasteiger partial charge in [-0.25, -0.2) is 4.98 Å². The Morgan fingerprint density at radius 3 is 2.67 bits per heavy atom. The van der Waals surface area contributed by atoms with Gasteiger partial charge in [-0.05, 0) is 30.5 Å². The maximum Gasteiger partial charge on any atom is 0.265 e. The highest BCUT2D eigenvalue weighted by Gasteiger charge is 2.29. The number of aromatic nitrogens is 2. The molecule has 0 spiro atoms. The number of likely N-dealkylation sites (N-methyl/N-ethyl adjacent to an activating group) is 1. The molecule has 1 aliphatic heterocycles. The van der Waals surface area contributed by atoms with Gasteiger partial charge in [-0.3, -0.25) is 4.79 Å². The quantitative estimate of drug-likeness (QED) is 0.383. The maximum atomic E-state index is 13.5. The van der Waals surface area contributed by atoms with Crippen LogP contribution < -0.4 is 14.5 Å². The third-order valence-corrected chi connectivity index (χ3v) is 5.84. The van der Waals surface area contributed by atoms with Crippen LogP contribution in [-0.2, 0) is 0 Å². The molecule has 0 saturated carbocycles. The monoisotopic (exact) mass is 460 g/mol. The normalized spacial score (nSPS) is 13.2. The molecule has 0 aliphatic carbocycles. The molecule has 9 heteroatoms. The van der Waals surface area contributed by atoms with E-state index in [4.69, 9.17) is 27.9 Å². The number of hydrogen-bond acceptors (Lipinski definition) is 6. The second-order valence-electron chi connectivity index (χ2n) is 6.62. The number of thioether (sulfide) groups is 1. The van der Waals surface area contributed by atoms with Crippen molar-refractivity contribution in [3.05, 3.63) is 64.3 Å². The average Bonchev–Trinajstić information content (AvgIpc) is 2.76. The van der Waals surface area contributed by atoms with Crippen LogP contribution in [0, 0.1) is 0 Å². The van der Waals surface area contributed by atoms with Gasteiger partial charge in [0, 0.05) is 37.4 Å². The molecule has 2 heterocycles. The van der Waals surface area contributed by atoms with Gasteiger partial charge >= 0.3 is 0 Å². The highest BCUT2D eigenvalue weighted by molar-refractivity contribution is 7.98. The molecule has 0 bridgehead atoms. The number of anilines is 2. The van der Waals surface area contributed by atoms with Gasteiger partial charge < -0.3 is 14.5 Å². The molecular weight excluding hydrogens is 443 g/mol. The Labute approximate surface area is 188 Å². The number of fused-ring (bicyclic) bond motifs is 1. The third kappa shape index (κ3) is 4.05. The molecule has 0 saturated heterocycles. The van der Waals surface area contributed by atoms with Crippen LogP contribution in [0.4, 0.5) is 11.4 Å². The van der Waals surface area contributed by atoms with E-state index in [2.05, 4.69) is 14.9 Å². The second kappa shape index (κ2) is 8.71. The van der Waals surface area contributed by atoms with Gasteiger partial charge in [-0.1, -0.05) is 47.1 Å². The number of halogens is 2. The minimum atomic E-state index is -0.239. The lowest BCUT2D eigenvalue weighted by atomic mass is 10.1. The van der Waals surface area contributed by atoms with E-state index in [1.807, 2.05) is 37.6 Å². The Morgan fingerprint density at radius 1 is 1.13 bits per heavy atom. The van der Waals surface area contributed by atoms with Crippen LogP contribution in [0.5, 0.6) is 11.6 Å². The summed E-state index contributed by atoms with van der Waals surface area (Å²) in [7, 11) is 2.01. The zero-order valence-electron chi connectivity index (χ0n) is 16.3. The number of benzene rings is 2. The number of nitrogens with zero attached hydrogens (tertiary/aromatic N) is 4. The van der Waals surface area contributed by atoms with Gasteiger partial charge in [-0.15, -0.1) is 0 Å². The van der Waals surface area contributed by atoms with Gasteiger partial charge in [0.05, 0.1) is 16.4 Å². The molecule has 0 unspecified atom stereocenters. The van der Waals surface area contributed by atoms with Gasteiger partial charge in [-0.2, -0.15) is 4.98 Å². The molecule has 0 N–H and O–H groups in total. The molecule has 1 amide bonds. The van der Waals surface area contributed by atoms with Gasteiger partial charge in [0.1, 0.15) is 11.3 Å². The van der Waals surface area contributed by atoms with Crippen molar-refractivity contribution in [2.75, 3.05) is 36.2 Å². The summed E-state index contributed by atoms with van der Waals surface area (Å²) in [5.74, 6) is 0.221. The maximum absolute atomic E-state index is 13.5. The molecule has 4 rings (SSSR count). The SMILES string of the molecule is CSc1ncc(C(=O)N2CCN(C)c3ccccc32)c(Oc2cc(Cl)ccc2Cl)n1. The first-order valence-electron chi connectivity index (χ1n) is 9.14. The number of para-hydroxylation sites is 2. The van der Waals surface area contributed by atoms with E-state index in [0.29, 0.717) is 34.0 Å². The molecule has 30 heavy (non-hydrogen) atoms. The van der Waals surface area contributed by atoms with E-state index in [0.717, 1.165) is 11.4 Å². The first kappa shape index (κ1) is 20.8. The minimum Gasteiger partial charge on any atom is -0.436 e. The number of hydrogen-bond donors (Lipinski definition) is 0. The van der Waals surface area contributed by atoms with Crippen LogP contribution in [0.1, 0.15) is 10.4 Å². The van der Waals surface area contributed by atoms with E-state index < -0.39 is 0 Å². The van der Waals surface area contributed by atoms with E-state index in [1.165, 1.54) is 18.0 Å². The number of amides is 1. The molecule has 0 atom stereocenters. The Morgan fingerprint density at radius 2 is 1.90 bits per heavy atom. The average molecular weight is 461 g/mol. The summed E-state index contributed by atoms with van der Waals surface area (Å²) in [5, 5.41) is 1.32. The molecule has 1 aromatic heterocycles. The molecule has 6 nitrogen and oxygen atoms in total. The smallest absolute Gasteiger partial charge is 0.265 e. The van der Waals surface area contributed by atoms with Crippen molar-refractivity contribution in [1.29, 1.82) is 0 Å². The standard InChI is InChI=1S/C21H18Cl2N4O2S/c1-26-9-10-27(17-6-4-3-5-16(17)26)20(28)14-12-24-21(30-2)25-19(14)29-18-11-13(22)7-8-15(18)23/h3-8,11-12H,9-10H2,1-2H3. The van der Waals surface area contributed by atoms with Crippen molar-refractivity contribution in [3.63, 3.8) is 0 Å². The molecule has 2 aromatic carbocycles. The fourth-order valence-corrected chi connectivity index (χ4v) is 3.85. The second-order valence-corrected chi connectivity index (χ2v) is 8.24.